The number of aromatic nitrogens is 1. The zero-order valence-electron chi connectivity index (χ0n) is 20.9. The molecule has 0 radical (unpaired) electrons. The summed E-state index contributed by atoms with van der Waals surface area (Å²) in [6.07, 6.45) is 0. The molecule has 0 atom stereocenters. The molecule has 8 nitrogen and oxygen atoms in total. The van der Waals surface area contributed by atoms with E-state index in [2.05, 4.69) is 42.1 Å². The lowest BCUT2D eigenvalue weighted by atomic mass is 10.1. The third kappa shape index (κ3) is 5.05. The number of carbonyl (C=O) groups excluding carboxylic acids is 1. The summed E-state index contributed by atoms with van der Waals surface area (Å²) >= 11 is 0. The number of anilines is 2. The molecule has 35 heavy (non-hydrogen) atoms. The van der Waals surface area contributed by atoms with Gasteiger partial charge in [0.1, 0.15) is 12.2 Å². The molecule has 1 fully saturated rings. The molecule has 9 heteroatoms. The summed E-state index contributed by atoms with van der Waals surface area (Å²) in [5.41, 5.74) is 5.28. The molecule has 1 amide bonds. The van der Waals surface area contributed by atoms with E-state index in [0.717, 1.165) is 5.56 Å². The van der Waals surface area contributed by atoms with E-state index in [1.165, 1.54) is 21.1 Å². The Balaban J connectivity index is 1.55. The van der Waals surface area contributed by atoms with Crippen molar-refractivity contribution in [2.24, 2.45) is 0 Å². The number of amides is 1. The van der Waals surface area contributed by atoms with E-state index in [1.54, 1.807) is 30.9 Å². The van der Waals surface area contributed by atoms with Crippen LogP contribution >= 0.6 is 0 Å². The Hall–Kier alpha value is -3.33. The molecule has 186 valence electrons. The fourth-order valence-electron chi connectivity index (χ4n) is 4.46. The van der Waals surface area contributed by atoms with E-state index in [4.69, 9.17) is 4.52 Å². The first-order valence-corrected chi connectivity index (χ1v) is 13.1. The highest BCUT2D eigenvalue weighted by Gasteiger charge is 2.34. The van der Waals surface area contributed by atoms with Crippen LogP contribution in [0.5, 0.6) is 0 Å². The maximum Gasteiger partial charge on any atom is 0.270 e. The Kier molecular flexibility index (Phi) is 6.89. The standard InChI is InChI=1S/C26H32N4O4S/c1-18-7-10-23(11-8-18)30(35(32,33)26-21(4)27-34-22(26)5)17-25(31)29-14-12-28(13-15-29)24-16-19(2)6-9-20(24)3/h6-11,16H,12-15,17H2,1-5H3. The molecule has 0 bridgehead atoms. The van der Waals surface area contributed by atoms with Crippen molar-refractivity contribution in [3.05, 3.63) is 70.6 Å². The average Bonchev–Trinajstić information content (AvgIpc) is 3.18. The van der Waals surface area contributed by atoms with Gasteiger partial charge in [0.25, 0.3) is 10.0 Å². The van der Waals surface area contributed by atoms with Crippen LogP contribution < -0.4 is 9.21 Å². The molecular formula is C26H32N4O4S. The van der Waals surface area contributed by atoms with Crippen LogP contribution in [0.3, 0.4) is 0 Å². The molecule has 2 aromatic carbocycles. The van der Waals surface area contributed by atoms with Crippen LogP contribution in [0, 0.1) is 34.6 Å². The van der Waals surface area contributed by atoms with Crippen molar-refractivity contribution in [2.75, 3.05) is 41.9 Å². The van der Waals surface area contributed by atoms with Crippen molar-refractivity contribution in [1.82, 2.24) is 10.1 Å². The van der Waals surface area contributed by atoms with Crippen LogP contribution in [-0.2, 0) is 14.8 Å². The van der Waals surface area contributed by atoms with Gasteiger partial charge >= 0.3 is 0 Å². The number of aryl methyl sites for hydroxylation is 5. The quantitative estimate of drug-likeness (QED) is 0.517. The molecule has 1 aliphatic heterocycles. The van der Waals surface area contributed by atoms with Crippen LogP contribution in [0.2, 0.25) is 0 Å². The van der Waals surface area contributed by atoms with Gasteiger partial charge in [-0.1, -0.05) is 35.0 Å². The lowest BCUT2D eigenvalue weighted by Crippen LogP contribution is -2.52. The lowest BCUT2D eigenvalue weighted by Gasteiger charge is -2.37. The SMILES string of the molecule is Cc1ccc(N(CC(=O)N2CCN(c3cc(C)ccc3C)CC2)S(=O)(=O)c2c(C)noc2C)cc1. The lowest BCUT2D eigenvalue weighted by molar-refractivity contribution is -0.129. The molecule has 0 saturated carbocycles. The number of hydrogen-bond donors (Lipinski definition) is 0. The molecule has 1 aromatic heterocycles. The highest BCUT2D eigenvalue weighted by Crippen LogP contribution is 2.29. The van der Waals surface area contributed by atoms with Crippen LogP contribution in [0.25, 0.3) is 0 Å². The Labute approximate surface area is 207 Å². The molecule has 4 rings (SSSR count). The van der Waals surface area contributed by atoms with Gasteiger partial charge in [-0.05, 0) is 63.9 Å². The number of rotatable bonds is 6. The number of piperazine rings is 1. The summed E-state index contributed by atoms with van der Waals surface area (Å²) in [5.74, 6) is -0.0317. The maximum absolute atomic E-state index is 13.7. The molecule has 3 aromatic rings. The first-order valence-electron chi connectivity index (χ1n) is 11.7. The molecular weight excluding hydrogens is 464 g/mol. The topological polar surface area (TPSA) is 87.0 Å². The summed E-state index contributed by atoms with van der Waals surface area (Å²) in [6, 6.07) is 13.5. The van der Waals surface area contributed by atoms with Crippen molar-refractivity contribution in [2.45, 2.75) is 39.5 Å². The highest BCUT2D eigenvalue weighted by molar-refractivity contribution is 7.93. The Morgan fingerprint density at radius 3 is 2.17 bits per heavy atom. The second-order valence-corrected chi connectivity index (χ2v) is 11.0. The smallest absolute Gasteiger partial charge is 0.270 e. The van der Waals surface area contributed by atoms with Crippen LogP contribution in [0.1, 0.15) is 28.1 Å². The van der Waals surface area contributed by atoms with Gasteiger partial charge in [-0.15, -0.1) is 0 Å². The zero-order chi connectivity index (χ0) is 25.3. The number of nitrogens with zero attached hydrogens (tertiary/aromatic N) is 4. The van der Waals surface area contributed by atoms with Gasteiger partial charge in [0.05, 0.1) is 5.69 Å². The minimum absolute atomic E-state index is 0.00520. The van der Waals surface area contributed by atoms with E-state index >= 15 is 0 Å². The van der Waals surface area contributed by atoms with E-state index in [-0.39, 0.29) is 28.8 Å². The van der Waals surface area contributed by atoms with Gasteiger partial charge in [0.2, 0.25) is 5.91 Å². The van der Waals surface area contributed by atoms with Crippen molar-refractivity contribution >= 4 is 27.3 Å². The third-order valence-corrected chi connectivity index (χ3v) is 8.47. The molecule has 2 heterocycles. The van der Waals surface area contributed by atoms with E-state index in [1.807, 2.05) is 19.1 Å². The van der Waals surface area contributed by atoms with E-state index in [0.29, 0.717) is 31.9 Å². The summed E-state index contributed by atoms with van der Waals surface area (Å²) < 4.78 is 33.7. The Morgan fingerprint density at radius 1 is 0.943 bits per heavy atom. The van der Waals surface area contributed by atoms with Gasteiger partial charge < -0.3 is 14.3 Å². The molecule has 0 N–H and O–H groups in total. The first kappa shape index (κ1) is 24.8. The van der Waals surface area contributed by atoms with Gasteiger partial charge in [0, 0.05) is 31.9 Å². The highest BCUT2D eigenvalue weighted by atomic mass is 32.2. The average molecular weight is 497 g/mol. The summed E-state index contributed by atoms with van der Waals surface area (Å²) in [5, 5.41) is 3.81. The van der Waals surface area contributed by atoms with Crippen LogP contribution in [0.4, 0.5) is 11.4 Å². The number of hydrogen-bond acceptors (Lipinski definition) is 6. The van der Waals surface area contributed by atoms with Crippen molar-refractivity contribution in [3.63, 3.8) is 0 Å². The molecule has 1 saturated heterocycles. The van der Waals surface area contributed by atoms with Gasteiger partial charge in [-0.2, -0.15) is 0 Å². The fourth-order valence-corrected chi connectivity index (χ4v) is 6.17. The monoisotopic (exact) mass is 496 g/mol. The largest absolute Gasteiger partial charge is 0.368 e. The number of benzene rings is 2. The maximum atomic E-state index is 13.7. The van der Waals surface area contributed by atoms with E-state index in [9.17, 15) is 13.2 Å². The normalized spacial score (nSPS) is 14.3. The molecule has 0 aliphatic carbocycles. The van der Waals surface area contributed by atoms with Crippen LogP contribution in [-0.4, -0.2) is 57.1 Å². The van der Waals surface area contributed by atoms with Gasteiger partial charge in [-0.25, -0.2) is 8.42 Å². The number of carbonyl (C=O) groups is 1. The second kappa shape index (κ2) is 9.73. The van der Waals surface area contributed by atoms with E-state index < -0.39 is 10.0 Å². The third-order valence-electron chi connectivity index (χ3n) is 6.45. The summed E-state index contributed by atoms with van der Waals surface area (Å²) in [7, 11) is -4.06. The Morgan fingerprint density at radius 2 is 1.57 bits per heavy atom. The predicted octanol–water partition coefficient (Wildman–Crippen LogP) is 3.76. The van der Waals surface area contributed by atoms with Crippen LogP contribution in [0.15, 0.2) is 51.9 Å². The second-order valence-electron chi connectivity index (χ2n) is 9.16. The first-order chi connectivity index (χ1) is 16.6. The Bertz CT molecular complexity index is 1300. The molecule has 0 unspecified atom stereocenters. The summed E-state index contributed by atoms with van der Waals surface area (Å²) in [6.45, 7) is 11.4. The van der Waals surface area contributed by atoms with Crippen molar-refractivity contribution in [3.8, 4) is 0 Å². The zero-order valence-corrected chi connectivity index (χ0v) is 21.7. The molecule has 0 spiro atoms. The van der Waals surface area contributed by atoms with Crippen molar-refractivity contribution in [1.29, 1.82) is 0 Å². The number of sulfonamides is 1. The fraction of sp³-hybridized carbons (Fsp3) is 0.385. The summed E-state index contributed by atoms with van der Waals surface area (Å²) in [4.78, 5) is 17.4. The minimum Gasteiger partial charge on any atom is -0.368 e. The van der Waals surface area contributed by atoms with Crippen molar-refractivity contribution < 1.29 is 17.7 Å². The van der Waals surface area contributed by atoms with Gasteiger partial charge in [-0.3, -0.25) is 9.10 Å². The molecule has 1 aliphatic rings. The minimum atomic E-state index is -4.06. The van der Waals surface area contributed by atoms with Gasteiger partial charge in [0.15, 0.2) is 10.7 Å². The predicted molar refractivity (Wildman–Crippen MR) is 136 cm³/mol.